The molecule has 0 aromatic carbocycles. The molecule has 0 aliphatic carbocycles. The minimum absolute atomic E-state index is 0.0639. The number of halogens is 5. The van der Waals surface area contributed by atoms with Crippen LogP contribution < -0.4 is 0 Å². The molecule has 0 spiro atoms. The lowest BCUT2D eigenvalue weighted by Gasteiger charge is -2.19. The molecule has 0 bridgehead atoms. The average molecular weight is 192 g/mol. The van der Waals surface area contributed by atoms with E-state index in [4.69, 9.17) is 0 Å². The molecule has 0 aliphatic heterocycles. The van der Waals surface area contributed by atoms with Crippen molar-refractivity contribution in [3.63, 3.8) is 0 Å². The largest absolute Gasteiger partial charge is 0.375 e. The fraction of sp³-hybridized carbons (Fsp3) is 1.00. The lowest BCUT2D eigenvalue weighted by molar-refractivity contribution is -0.160. The number of alkyl halides is 5. The van der Waals surface area contributed by atoms with Crippen LogP contribution in [0.5, 0.6) is 0 Å². The lowest BCUT2D eigenvalue weighted by atomic mass is 10.2. The van der Waals surface area contributed by atoms with Crippen LogP contribution in [0.1, 0.15) is 6.92 Å². The average Bonchev–Trinajstić information content (AvgIpc) is 1.99. The number of hydrogen-bond acceptors (Lipinski definition) is 1. The van der Waals surface area contributed by atoms with Crippen molar-refractivity contribution < 1.29 is 26.7 Å². The summed E-state index contributed by atoms with van der Waals surface area (Å²) in [5.74, 6) is -4.11. The molecule has 6 heteroatoms. The highest BCUT2D eigenvalue weighted by molar-refractivity contribution is 4.78. The van der Waals surface area contributed by atoms with Crippen LogP contribution in [0.15, 0.2) is 0 Å². The minimum atomic E-state index is -4.11. The van der Waals surface area contributed by atoms with Gasteiger partial charge in [0.2, 0.25) is 6.17 Å². The molecule has 0 heterocycles. The molecule has 1 unspecified atom stereocenters. The fourth-order valence-corrected chi connectivity index (χ4v) is 0.502. The van der Waals surface area contributed by atoms with Gasteiger partial charge in [0.15, 0.2) is 0 Å². The van der Waals surface area contributed by atoms with Crippen LogP contribution >= 0.6 is 0 Å². The smallest absolute Gasteiger partial charge is 0.307 e. The Morgan fingerprint density at radius 2 is 1.75 bits per heavy atom. The van der Waals surface area contributed by atoms with Crippen molar-refractivity contribution in [3.05, 3.63) is 0 Å². The highest BCUT2D eigenvalue weighted by atomic mass is 19.3. The molecule has 0 aromatic heterocycles. The monoisotopic (exact) mass is 192 g/mol. The molecule has 0 aliphatic rings. The van der Waals surface area contributed by atoms with E-state index in [2.05, 4.69) is 4.74 Å². The molecule has 0 saturated carbocycles. The topological polar surface area (TPSA) is 9.23 Å². The van der Waals surface area contributed by atoms with E-state index in [1.54, 1.807) is 0 Å². The maximum atomic E-state index is 12.3. The van der Waals surface area contributed by atoms with Crippen LogP contribution in [0.3, 0.4) is 0 Å². The van der Waals surface area contributed by atoms with Gasteiger partial charge in [-0.25, -0.2) is 22.0 Å². The first-order valence-electron chi connectivity index (χ1n) is 3.29. The molecule has 12 heavy (non-hydrogen) atoms. The summed E-state index contributed by atoms with van der Waals surface area (Å²) < 4.78 is 63.6. The zero-order valence-corrected chi connectivity index (χ0v) is 6.37. The first-order valence-corrected chi connectivity index (χ1v) is 3.29. The van der Waals surface area contributed by atoms with E-state index in [0.717, 1.165) is 0 Å². The van der Waals surface area contributed by atoms with E-state index < -0.39 is 25.1 Å². The van der Waals surface area contributed by atoms with E-state index in [-0.39, 0.29) is 6.61 Å². The summed E-state index contributed by atoms with van der Waals surface area (Å²) in [5, 5.41) is 0. The minimum Gasteiger partial charge on any atom is -0.375 e. The highest BCUT2D eigenvalue weighted by Crippen LogP contribution is 2.26. The van der Waals surface area contributed by atoms with Crippen LogP contribution in [0.25, 0.3) is 0 Å². The Morgan fingerprint density at radius 3 is 2.08 bits per heavy atom. The van der Waals surface area contributed by atoms with E-state index >= 15 is 0 Å². The van der Waals surface area contributed by atoms with Crippen molar-refractivity contribution in [3.8, 4) is 0 Å². The predicted molar refractivity (Wildman–Crippen MR) is 32.3 cm³/mol. The van der Waals surface area contributed by atoms with Crippen molar-refractivity contribution in [2.75, 3.05) is 13.2 Å². The number of hydrogen-bond donors (Lipinski definition) is 0. The van der Waals surface area contributed by atoms with Crippen molar-refractivity contribution in [1.29, 1.82) is 0 Å². The maximum Gasteiger partial charge on any atom is 0.307 e. The van der Waals surface area contributed by atoms with Crippen LogP contribution in [-0.2, 0) is 4.74 Å². The van der Waals surface area contributed by atoms with Gasteiger partial charge in [-0.3, -0.25) is 0 Å². The third-order valence-electron chi connectivity index (χ3n) is 1.12. The van der Waals surface area contributed by atoms with Gasteiger partial charge in [0.1, 0.15) is 6.61 Å². The lowest BCUT2D eigenvalue weighted by Crippen LogP contribution is -2.39. The van der Waals surface area contributed by atoms with E-state index in [1.807, 2.05) is 0 Å². The molecular formula is C6H9F5O. The third-order valence-corrected chi connectivity index (χ3v) is 1.12. The van der Waals surface area contributed by atoms with Crippen molar-refractivity contribution in [2.24, 2.45) is 0 Å². The Balaban J connectivity index is 3.99. The summed E-state index contributed by atoms with van der Waals surface area (Å²) >= 11 is 0. The molecule has 0 N–H and O–H groups in total. The molecule has 1 nitrogen and oxygen atoms in total. The van der Waals surface area contributed by atoms with Crippen LogP contribution in [0.4, 0.5) is 22.0 Å². The summed E-state index contributed by atoms with van der Waals surface area (Å²) in [4.78, 5) is 0. The van der Waals surface area contributed by atoms with Gasteiger partial charge in [0.25, 0.3) is 6.43 Å². The molecule has 1 atom stereocenters. The molecule has 0 fully saturated rings. The molecule has 0 radical (unpaired) electrons. The summed E-state index contributed by atoms with van der Waals surface area (Å²) in [5.41, 5.74) is 0. The fourth-order valence-electron chi connectivity index (χ4n) is 0.502. The van der Waals surface area contributed by atoms with Crippen molar-refractivity contribution in [2.45, 2.75) is 25.4 Å². The number of ether oxygens (including phenoxy) is 1. The predicted octanol–water partition coefficient (Wildman–Crippen LogP) is 2.26. The second-order valence-electron chi connectivity index (χ2n) is 2.13. The standard InChI is InChI=1S/C6H9F5O/c1-2-12-3-6(10,11)4(7)5(8)9/h4-5H,2-3H2,1H3. The van der Waals surface area contributed by atoms with E-state index in [1.165, 1.54) is 6.92 Å². The molecule has 74 valence electrons. The summed E-state index contributed by atoms with van der Waals surface area (Å²) in [6.45, 7) is 0.0340. The van der Waals surface area contributed by atoms with Gasteiger partial charge in [-0.05, 0) is 6.92 Å². The van der Waals surface area contributed by atoms with Crippen LogP contribution in [-0.4, -0.2) is 31.7 Å². The van der Waals surface area contributed by atoms with Gasteiger partial charge in [-0.2, -0.15) is 0 Å². The summed E-state index contributed by atoms with van der Waals surface area (Å²) in [6, 6.07) is 0. The zero-order valence-electron chi connectivity index (χ0n) is 6.37. The summed E-state index contributed by atoms with van der Waals surface area (Å²) in [7, 11) is 0. The van der Waals surface area contributed by atoms with Gasteiger partial charge < -0.3 is 4.74 Å². The quantitative estimate of drug-likeness (QED) is 0.607. The SMILES string of the molecule is CCOCC(F)(F)C(F)C(F)F. The van der Waals surface area contributed by atoms with Crippen LogP contribution in [0, 0.1) is 0 Å². The molecule has 0 amide bonds. The maximum absolute atomic E-state index is 12.3. The van der Waals surface area contributed by atoms with Gasteiger partial charge in [-0.15, -0.1) is 0 Å². The number of rotatable bonds is 5. The highest BCUT2D eigenvalue weighted by Gasteiger charge is 2.46. The Kier molecular flexibility index (Phi) is 4.44. The van der Waals surface area contributed by atoms with E-state index in [0.29, 0.717) is 0 Å². The second kappa shape index (κ2) is 4.59. The molecule has 0 aromatic rings. The molecule has 0 saturated heterocycles. The van der Waals surface area contributed by atoms with Gasteiger partial charge in [-0.1, -0.05) is 0 Å². The first-order chi connectivity index (χ1) is 5.41. The van der Waals surface area contributed by atoms with Gasteiger partial charge in [0.05, 0.1) is 0 Å². The van der Waals surface area contributed by atoms with Crippen molar-refractivity contribution >= 4 is 0 Å². The van der Waals surface area contributed by atoms with Gasteiger partial charge >= 0.3 is 5.92 Å². The third kappa shape index (κ3) is 3.34. The second-order valence-corrected chi connectivity index (χ2v) is 2.13. The Hall–Kier alpha value is -0.390. The molecule has 0 rings (SSSR count). The normalized spacial score (nSPS) is 15.2. The Labute approximate surface area is 66.5 Å². The Morgan fingerprint density at radius 1 is 1.25 bits per heavy atom. The van der Waals surface area contributed by atoms with Crippen molar-refractivity contribution in [1.82, 2.24) is 0 Å². The zero-order chi connectivity index (χ0) is 9.78. The first kappa shape index (κ1) is 11.6. The summed E-state index contributed by atoms with van der Waals surface area (Å²) in [6.07, 6.45) is -7.13. The van der Waals surface area contributed by atoms with Gasteiger partial charge in [0, 0.05) is 6.61 Å². The molecular weight excluding hydrogens is 183 g/mol. The Bertz CT molecular complexity index is 127. The van der Waals surface area contributed by atoms with Crippen LogP contribution in [0.2, 0.25) is 0 Å². The van der Waals surface area contributed by atoms with E-state index in [9.17, 15) is 22.0 Å².